The van der Waals surface area contributed by atoms with Gasteiger partial charge in [-0.05, 0) is 28.9 Å². The largest absolute Gasteiger partial charge is 0.397 e. The zero-order valence-electron chi connectivity index (χ0n) is 9.64. The van der Waals surface area contributed by atoms with E-state index in [1.807, 2.05) is 31.0 Å². The van der Waals surface area contributed by atoms with Crippen LogP contribution in [0.1, 0.15) is 11.5 Å². The van der Waals surface area contributed by atoms with E-state index in [-0.39, 0.29) is 0 Å². The Balaban J connectivity index is 2.17. The summed E-state index contributed by atoms with van der Waals surface area (Å²) in [5, 5.41) is 3.94. The molecule has 2 rings (SSSR count). The average molecular weight is 297 g/mol. The molecule has 0 aliphatic heterocycles. The minimum Gasteiger partial charge on any atom is -0.397 e. The number of rotatable bonds is 3. The normalized spacial score (nSPS) is 10.5. The molecule has 0 atom stereocenters. The van der Waals surface area contributed by atoms with Gasteiger partial charge in [0.1, 0.15) is 17.3 Å². The van der Waals surface area contributed by atoms with Gasteiger partial charge in [-0.25, -0.2) is 4.98 Å². The topological polar surface area (TPSA) is 68.2 Å². The van der Waals surface area contributed by atoms with E-state index in [1.165, 1.54) is 0 Å². The summed E-state index contributed by atoms with van der Waals surface area (Å²) >= 11 is 3.44. The van der Waals surface area contributed by atoms with Crippen LogP contribution in [0.5, 0.6) is 0 Å². The van der Waals surface area contributed by atoms with Crippen molar-refractivity contribution in [2.45, 2.75) is 13.5 Å². The van der Waals surface area contributed by atoms with E-state index < -0.39 is 0 Å². The van der Waals surface area contributed by atoms with Crippen molar-refractivity contribution in [1.29, 1.82) is 0 Å². The first kappa shape index (κ1) is 11.9. The van der Waals surface area contributed by atoms with Crippen LogP contribution in [0.25, 0.3) is 0 Å². The van der Waals surface area contributed by atoms with Crippen LogP contribution in [-0.2, 0) is 6.54 Å². The molecular weight excluding hydrogens is 284 g/mol. The lowest BCUT2D eigenvalue weighted by atomic mass is 10.3. The van der Waals surface area contributed by atoms with E-state index in [0.717, 1.165) is 21.7 Å². The molecule has 0 aromatic carbocycles. The van der Waals surface area contributed by atoms with Crippen molar-refractivity contribution in [3.63, 3.8) is 0 Å². The van der Waals surface area contributed by atoms with Gasteiger partial charge in [-0.3, -0.25) is 0 Å². The van der Waals surface area contributed by atoms with E-state index in [9.17, 15) is 0 Å². The number of aryl methyl sites for hydroxylation is 1. The molecule has 6 heteroatoms. The van der Waals surface area contributed by atoms with Crippen molar-refractivity contribution >= 4 is 27.4 Å². The Morgan fingerprint density at radius 1 is 1.47 bits per heavy atom. The van der Waals surface area contributed by atoms with Crippen molar-refractivity contribution in [1.82, 2.24) is 10.1 Å². The molecule has 0 saturated heterocycles. The Morgan fingerprint density at radius 2 is 2.24 bits per heavy atom. The number of halogens is 1. The fraction of sp³-hybridized carbons (Fsp3) is 0.273. The van der Waals surface area contributed by atoms with Crippen LogP contribution in [0.15, 0.2) is 27.3 Å². The molecule has 2 N–H and O–H groups in total. The van der Waals surface area contributed by atoms with Gasteiger partial charge < -0.3 is 15.2 Å². The third kappa shape index (κ3) is 2.76. The highest BCUT2D eigenvalue weighted by Crippen LogP contribution is 2.25. The summed E-state index contributed by atoms with van der Waals surface area (Å²) in [6, 6.07) is 3.73. The zero-order valence-corrected chi connectivity index (χ0v) is 11.2. The van der Waals surface area contributed by atoms with Crippen LogP contribution in [0.4, 0.5) is 11.5 Å². The fourth-order valence-electron chi connectivity index (χ4n) is 1.54. The zero-order chi connectivity index (χ0) is 12.4. The number of pyridine rings is 1. The first-order valence-corrected chi connectivity index (χ1v) is 5.90. The summed E-state index contributed by atoms with van der Waals surface area (Å²) in [7, 11) is 1.94. The monoisotopic (exact) mass is 296 g/mol. The number of nitrogens with two attached hydrogens (primary N) is 1. The lowest BCUT2D eigenvalue weighted by Crippen LogP contribution is -2.18. The molecule has 2 heterocycles. The van der Waals surface area contributed by atoms with E-state index in [0.29, 0.717) is 12.2 Å². The summed E-state index contributed by atoms with van der Waals surface area (Å²) in [6.45, 7) is 2.50. The molecule has 0 saturated carbocycles. The highest BCUT2D eigenvalue weighted by Gasteiger charge is 2.10. The Kier molecular flexibility index (Phi) is 3.33. The molecule has 0 amide bonds. The third-order valence-electron chi connectivity index (χ3n) is 2.28. The van der Waals surface area contributed by atoms with Crippen molar-refractivity contribution in [3.8, 4) is 0 Å². The maximum Gasteiger partial charge on any atom is 0.143 e. The first-order chi connectivity index (χ1) is 8.06. The van der Waals surface area contributed by atoms with Gasteiger partial charge in [-0.15, -0.1) is 0 Å². The lowest BCUT2D eigenvalue weighted by molar-refractivity contribution is 0.390. The molecule has 5 nitrogen and oxygen atoms in total. The summed E-state index contributed by atoms with van der Waals surface area (Å²) < 4.78 is 5.88. The SMILES string of the molecule is Cc1cc(CN(C)c2ncc(N)cc2Br)no1. The fourth-order valence-corrected chi connectivity index (χ4v) is 2.21. The second-order valence-corrected chi connectivity index (χ2v) is 4.71. The van der Waals surface area contributed by atoms with Crippen LogP contribution in [0.2, 0.25) is 0 Å². The predicted molar refractivity (Wildman–Crippen MR) is 69.7 cm³/mol. The summed E-state index contributed by atoms with van der Waals surface area (Å²) in [5.41, 5.74) is 7.15. The highest BCUT2D eigenvalue weighted by atomic mass is 79.9. The minimum atomic E-state index is 0.631. The van der Waals surface area contributed by atoms with Gasteiger partial charge in [0.15, 0.2) is 0 Å². The number of nitrogen functional groups attached to an aromatic ring is 1. The average Bonchev–Trinajstić information content (AvgIpc) is 2.63. The number of aromatic nitrogens is 2. The van der Waals surface area contributed by atoms with Crippen LogP contribution >= 0.6 is 15.9 Å². The minimum absolute atomic E-state index is 0.631. The summed E-state index contributed by atoms with van der Waals surface area (Å²) in [6.07, 6.45) is 1.63. The van der Waals surface area contributed by atoms with Crippen LogP contribution in [0, 0.1) is 6.92 Å². The Labute approximate surface area is 108 Å². The maximum absolute atomic E-state index is 5.65. The van der Waals surface area contributed by atoms with E-state index in [1.54, 1.807) is 6.20 Å². The van der Waals surface area contributed by atoms with Crippen LogP contribution in [0.3, 0.4) is 0 Å². The molecule has 0 fully saturated rings. The molecule has 0 radical (unpaired) electrons. The Bertz CT molecular complexity index is 526. The van der Waals surface area contributed by atoms with Gasteiger partial charge in [0, 0.05) is 13.1 Å². The number of anilines is 2. The van der Waals surface area contributed by atoms with Crippen molar-refractivity contribution in [3.05, 3.63) is 34.3 Å². The van der Waals surface area contributed by atoms with E-state index >= 15 is 0 Å². The smallest absolute Gasteiger partial charge is 0.143 e. The molecule has 0 aliphatic carbocycles. The molecule has 0 spiro atoms. The van der Waals surface area contributed by atoms with Gasteiger partial charge in [0.05, 0.1) is 22.9 Å². The molecule has 0 aliphatic rings. The summed E-state index contributed by atoms with van der Waals surface area (Å²) in [4.78, 5) is 6.25. The second kappa shape index (κ2) is 4.75. The highest BCUT2D eigenvalue weighted by molar-refractivity contribution is 9.10. The van der Waals surface area contributed by atoms with E-state index in [2.05, 4.69) is 26.1 Å². The molecule has 0 bridgehead atoms. The van der Waals surface area contributed by atoms with E-state index in [4.69, 9.17) is 10.3 Å². The molecule has 2 aromatic heterocycles. The first-order valence-electron chi connectivity index (χ1n) is 5.10. The standard InChI is InChI=1S/C11H13BrN4O/c1-7-3-9(15-17-7)6-16(2)11-10(12)4-8(13)5-14-11/h3-5H,6,13H2,1-2H3. The summed E-state index contributed by atoms with van der Waals surface area (Å²) in [5.74, 6) is 1.62. The maximum atomic E-state index is 5.65. The van der Waals surface area contributed by atoms with Crippen LogP contribution in [-0.4, -0.2) is 17.2 Å². The van der Waals surface area contributed by atoms with Crippen molar-refractivity contribution in [2.75, 3.05) is 17.7 Å². The Morgan fingerprint density at radius 3 is 2.82 bits per heavy atom. The van der Waals surface area contributed by atoms with Crippen molar-refractivity contribution in [2.24, 2.45) is 0 Å². The molecule has 17 heavy (non-hydrogen) atoms. The number of hydrogen-bond donors (Lipinski definition) is 1. The van der Waals surface area contributed by atoms with Crippen LogP contribution < -0.4 is 10.6 Å². The molecule has 0 unspecified atom stereocenters. The quantitative estimate of drug-likeness (QED) is 0.942. The molecular formula is C11H13BrN4O. The van der Waals surface area contributed by atoms with Gasteiger partial charge in [-0.2, -0.15) is 0 Å². The van der Waals surface area contributed by atoms with Crippen molar-refractivity contribution < 1.29 is 4.52 Å². The molecule has 2 aromatic rings. The lowest BCUT2D eigenvalue weighted by Gasteiger charge is -2.18. The van der Waals surface area contributed by atoms with Gasteiger partial charge in [0.2, 0.25) is 0 Å². The number of hydrogen-bond acceptors (Lipinski definition) is 5. The van der Waals surface area contributed by atoms with Gasteiger partial charge in [0.25, 0.3) is 0 Å². The number of nitrogens with zero attached hydrogens (tertiary/aromatic N) is 3. The van der Waals surface area contributed by atoms with Gasteiger partial charge in [-0.1, -0.05) is 5.16 Å². The predicted octanol–water partition coefficient (Wildman–Crippen LogP) is 2.36. The third-order valence-corrected chi connectivity index (χ3v) is 2.86. The van der Waals surface area contributed by atoms with Gasteiger partial charge >= 0.3 is 0 Å². The second-order valence-electron chi connectivity index (χ2n) is 3.86. The molecule has 90 valence electrons. The Hall–Kier alpha value is -1.56.